The minimum Gasteiger partial charge on any atom is -0.202 e. The lowest BCUT2D eigenvalue weighted by molar-refractivity contribution is 0.506. The minimum absolute atomic E-state index is 0.309. The molecule has 0 bridgehead atoms. The van der Waals surface area contributed by atoms with Crippen molar-refractivity contribution < 1.29 is 8.42 Å². The van der Waals surface area contributed by atoms with E-state index in [2.05, 4.69) is 20.0 Å². The fourth-order valence-corrected chi connectivity index (χ4v) is 2.77. The summed E-state index contributed by atoms with van der Waals surface area (Å²) in [4.78, 5) is 0.720. The third-order valence-corrected chi connectivity index (χ3v) is 4.78. The highest BCUT2D eigenvalue weighted by molar-refractivity contribution is 7.87. The maximum Gasteiger partial charge on any atom is 0.278 e. The van der Waals surface area contributed by atoms with Crippen molar-refractivity contribution in [2.75, 3.05) is 20.6 Å². The molecule has 0 radical (unpaired) electrons. The van der Waals surface area contributed by atoms with E-state index in [4.69, 9.17) is 0 Å². The van der Waals surface area contributed by atoms with E-state index in [0.29, 0.717) is 13.0 Å². The largest absolute Gasteiger partial charge is 0.278 e. The Labute approximate surface area is 109 Å². The van der Waals surface area contributed by atoms with Crippen LogP contribution >= 0.6 is 11.3 Å². The molecule has 0 aliphatic heterocycles. The Hall–Kier alpha value is -1.10. The number of rotatable bonds is 5. The van der Waals surface area contributed by atoms with Gasteiger partial charge in [-0.25, -0.2) is 4.72 Å². The number of nitrogens with one attached hydrogen (secondary N) is 1. The van der Waals surface area contributed by atoms with Gasteiger partial charge in [-0.2, -0.15) is 22.3 Å². The van der Waals surface area contributed by atoms with E-state index in [1.165, 1.54) is 25.4 Å². The van der Waals surface area contributed by atoms with Crippen molar-refractivity contribution in [1.29, 1.82) is 0 Å². The normalized spacial score (nSPS) is 12.7. The second-order valence-electron chi connectivity index (χ2n) is 3.87. The number of nitrogens with zero attached hydrogens (tertiary/aromatic N) is 5. The zero-order valence-electron chi connectivity index (χ0n) is 10.3. The van der Waals surface area contributed by atoms with Crippen molar-refractivity contribution in [1.82, 2.24) is 28.8 Å². The second-order valence-corrected chi connectivity index (χ2v) is 6.88. The monoisotopic (exact) mass is 290 g/mol. The van der Waals surface area contributed by atoms with Crippen molar-refractivity contribution in [3.63, 3.8) is 0 Å². The summed E-state index contributed by atoms with van der Waals surface area (Å²) in [5.41, 5.74) is 0. The third kappa shape index (κ3) is 2.66. The van der Waals surface area contributed by atoms with E-state index >= 15 is 0 Å². The molecule has 2 aromatic rings. The van der Waals surface area contributed by atoms with E-state index in [-0.39, 0.29) is 0 Å². The third-order valence-electron chi connectivity index (χ3n) is 2.29. The van der Waals surface area contributed by atoms with Crippen LogP contribution in [0.25, 0.3) is 4.96 Å². The fraction of sp³-hybridized carbons (Fsp3) is 0.625. The van der Waals surface area contributed by atoms with E-state index in [0.717, 1.165) is 20.1 Å². The first-order valence-corrected chi connectivity index (χ1v) is 7.50. The Morgan fingerprint density at radius 2 is 2.11 bits per heavy atom. The lowest BCUT2D eigenvalue weighted by Crippen LogP contribution is -2.36. The Morgan fingerprint density at radius 3 is 2.72 bits per heavy atom. The fourth-order valence-electron chi connectivity index (χ4n) is 1.27. The first kappa shape index (κ1) is 13.3. The molecule has 0 saturated carbocycles. The molecule has 2 rings (SSSR count). The van der Waals surface area contributed by atoms with Gasteiger partial charge in [-0.3, -0.25) is 0 Å². The quantitative estimate of drug-likeness (QED) is 0.796. The van der Waals surface area contributed by atoms with Crippen molar-refractivity contribution in [2.45, 2.75) is 13.3 Å². The molecule has 1 N–H and O–H groups in total. The molecule has 2 aromatic heterocycles. The predicted octanol–water partition coefficient (Wildman–Crippen LogP) is -0.567. The standard InChI is InChI=1S/C8H14N6O2S2/c1-6-10-11-8-14(6)12-7(17-8)4-5-9-18(15,16)13(2)3/h9H,4-5H2,1-3H3. The average Bonchev–Trinajstić information content (AvgIpc) is 2.81. The molecular formula is C8H14N6O2S2. The highest BCUT2D eigenvalue weighted by atomic mass is 32.2. The van der Waals surface area contributed by atoms with Gasteiger partial charge >= 0.3 is 0 Å². The molecule has 100 valence electrons. The molecule has 8 nitrogen and oxygen atoms in total. The maximum absolute atomic E-state index is 11.5. The van der Waals surface area contributed by atoms with E-state index in [9.17, 15) is 8.42 Å². The summed E-state index contributed by atoms with van der Waals surface area (Å²) in [5.74, 6) is 0.723. The highest BCUT2D eigenvalue weighted by Gasteiger charge is 2.13. The van der Waals surface area contributed by atoms with Crippen LogP contribution in [0.3, 0.4) is 0 Å². The van der Waals surface area contributed by atoms with Crippen LogP contribution in [0.5, 0.6) is 0 Å². The van der Waals surface area contributed by atoms with Crippen molar-refractivity contribution in [2.24, 2.45) is 0 Å². The predicted molar refractivity (Wildman–Crippen MR) is 67.7 cm³/mol. The van der Waals surface area contributed by atoms with Gasteiger partial charge in [0.15, 0.2) is 5.82 Å². The smallest absolute Gasteiger partial charge is 0.202 e. The van der Waals surface area contributed by atoms with Gasteiger partial charge < -0.3 is 0 Å². The molecule has 10 heteroatoms. The van der Waals surface area contributed by atoms with Crippen molar-refractivity contribution in [3.8, 4) is 0 Å². The molecule has 0 aliphatic rings. The van der Waals surface area contributed by atoms with Crippen LogP contribution in [0.4, 0.5) is 0 Å². The van der Waals surface area contributed by atoms with Crippen LogP contribution in [0, 0.1) is 6.92 Å². The molecule has 0 atom stereocenters. The van der Waals surface area contributed by atoms with Gasteiger partial charge in [0.2, 0.25) is 4.96 Å². The lowest BCUT2D eigenvalue weighted by Gasteiger charge is -2.11. The number of aryl methyl sites for hydroxylation is 1. The van der Waals surface area contributed by atoms with Gasteiger partial charge in [-0.1, -0.05) is 11.3 Å². The minimum atomic E-state index is -3.37. The lowest BCUT2D eigenvalue weighted by atomic mass is 10.5. The van der Waals surface area contributed by atoms with E-state index in [1.807, 2.05) is 6.92 Å². The number of hydrogen-bond acceptors (Lipinski definition) is 6. The molecule has 0 unspecified atom stereocenters. The van der Waals surface area contributed by atoms with Gasteiger partial charge in [0, 0.05) is 27.1 Å². The van der Waals surface area contributed by atoms with Crippen LogP contribution in [0.15, 0.2) is 0 Å². The summed E-state index contributed by atoms with van der Waals surface area (Å²) in [6.07, 6.45) is 0.528. The summed E-state index contributed by atoms with van der Waals surface area (Å²) in [6, 6.07) is 0. The van der Waals surface area contributed by atoms with Gasteiger partial charge in [0.05, 0.1) is 0 Å². The average molecular weight is 290 g/mol. The Morgan fingerprint density at radius 1 is 1.39 bits per heavy atom. The van der Waals surface area contributed by atoms with Crippen LogP contribution in [0.2, 0.25) is 0 Å². The summed E-state index contributed by atoms with van der Waals surface area (Å²) in [7, 11) is -0.406. The molecule has 0 spiro atoms. The highest BCUT2D eigenvalue weighted by Crippen LogP contribution is 2.13. The topological polar surface area (TPSA) is 92.5 Å². The van der Waals surface area contributed by atoms with E-state index < -0.39 is 10.2 Å². The summed E-state index contributed by atoms with van der Waals surface area (Å²) < 4.78 is 28.2. The number of hydrogen-bond donors (Lipinski definition) is 1. The summed E-state index contributed by atoms with van der Waals surface area (Å²) in [6.45, 7) is 2.13. The molecule has 0 saturated heterocycles. The Kier molecular flexibility index (Phi) is 3.61. The second kappa shape index (κ2) is 4.88. The van der Waals surface area contributed by atoms with Gasteiger partial charge in [0.25, 0.3) is 10.2 Å². The van der Waals surface area contributed by atoms with Crippen molar-refractivity contribution in [3.05, 3.63) is 10.8 Å². The van der Waals surface area contributed by atoms with Crippen LogP contribution < -0.4 is 4.72 Å². The molecular weight excluding hydrogens is 276 g/mol. The van der Waals surface area contributed by atoms with Crippen molar-refractivity contribution >= 4 is 26.5 Å². The van der Waals surface area contributed by atoms with Gasteiger partial charge in [0.1, 0.15) is 5.01 Å². The van der Waals surface area contributed by atoms with Crippen LogP contribution in [0.1, 0.15) is 10.8 Å². The first-order chi connectivity index (χ1) is 8.40. The zero-order valence-corrected chi connectivity index (χ0v) is 11.9. The number of aromatic nitrogens is 4. The molecule has 0 aliphatic carbocycles. The summed E-state index contributed by atoms with van der Waals surface area (Å²) >= 11 is 1.41. The summed E-state index contributed by atoms with van der Waals surface area (Å²) in [5, 5.41) is 13.0. The molecule has 2 heterocycles. The Bertz CT molecular complexity index is 644. The molecule has 0 aromatic carbocycles. The zero-order chi connectivity index (χ0) is 13.3. The van der Waals surface area contributed by atoms with E-state index in [1.54, 1.807) is 4.52 Å². The van der Waals surface area contributed by atoms with Crippen LogP contribution in [-0.2, 0) is 16.6 Å². The van der Waals surface area contributed by atoms with Gasteiger partial charge in [-0.05, 0) is 6.92 Å². The van der Waals surface area contributed by atoms with Crippen LogP contribution in [-0.4, -0.2) is 53.2 Å². The molecule has 18 heavy (non-hydrogen) atoms. The SMILES string of the molecule is Cc1nnc2sc(CCNS(=O)(=O)N(C)C)nn12. The maximum atomic E-state index is 11.5. The number of fused-ring (bicyclic) bond motifs is 1. The Balaban J connectivity index is 1.98. The molecule has 0 amide bonds. The molecule has 0 fully saturated rings. The first-order valence-electron chi connectivity index (χ1n) is 5.25. The van der Waals surface area contributed by atoms with Gasteiger partial charge in [-0.15, -0.1) is 10.2 Å².